The van der Waals surface area contributed by atoms with Crippen molar-refractivity contribution in [3.8, 4) is 0 Å². The van der Waals surface area contributed by atoms with Crippen LogP contribution in [0.1, 0.15) is 27.2 Å². The van der Waals surface area contributed by atoms with Crippen LogP contribution in [0.3, 0.4) is 0 Å². The molecule has 0 aromatic heterocycles. The number of nitrogens with zero attached hydrogens (tertiary/aromatic N) is 1. The third-order valence-corrected chi connectivity index (χ3v) is 2.22. The van der Waals surface area contributed by atoms with Gasteiger partial charge in [0.25, 0.3) is 0 Å². The maximum absolute atomic E-state index is 11.4. The second-order valence-electron chi connectivity index (χ2n) is 4.31. The van der Waals surface area contributed by atoms with E-state index in [4.69, 9.17) is 4.74 Å². The molecule has 1 fully saturated rings. The number of rotatable bonds is 2. The Morgan fingerprint density at radius 1 is 1.62 bits per heavy atom. The van der Waals surface area contributed by atoms with Crippen LogP contribution in [0, 0.1) is 11.8 Å². The van der Waals surface area contributed by atoms with Crippen molar-refractivity contribution in [3.05, 3.63) is 0 Å². The molecule has 1 atom stereocenters. The summed E-state index contributed by atoms with van der Waals surface area (Å²) < 4.78 is 5.12. The number of likely N-dealkylation sites (tertiary alicyclic amines) is 1. The van der Waals surface area contributed by atoms with Crippen LogP contribution in [0.25, 0.3) is 0 Å². The Morgan fingerprint density at radius 3 is 2.77 bits per heavy atom. The van der Waals surface area contributed by atoms with Gasteiger partial charge in [0, 0.05) is 13.1 Å². The maximum Gasteiger partial charge on any atom is 0.409 e. The third kappa shape index (κ3) is 3.25. The van der Waals surface area contributed by atoms with E-state index in [1.165, 1.54) is 0 Å². The zero-order valence-corrected chi connectivity index (χ0v) is 8.75. The zero-order valence-electron chi connectivity index (χ0n) is 8.75. The van der Waals surface area contributed by atoms with Gasteiger partial charge in [0.1, 0.15) is 0 Å². The normalized spacial score (nSPS) is 22.5. The monoisotopic (exact) mass is 185 g/mol. The lowest BCUT2D eigenvalue weighted by molar-refractivity contribution is 0.0986. The molecule has 1 heterocycles. The van der Waals surface area contributed by atoms with Crippen molar-refractivity contribution >= 4 is 6.09 Å². The molecule has 1 rings (SSSR count). The van der Waals surface area contributed by atoms with Crippen LogP contribution in [0.4, 0.5) is 4.79 Å². The van der Waals surface area contributed by atoms with Gasteiger partial charge in [-0.25, -0.2) is 4.79 Å². The average Bonchev–Trinajstić information content (AvgIpc) is 2.47. The third-order valence-electron chi connectivity index (χ3n) is 2.22. The molecule has 1 saturated heterocycles. The second-order valence-corrected chi connectivity index (χ2v) is 4.31. The first-order chi connectivity index (χ1) is 6.09. The molecule has 0 bridgehead atoms. The van der Waals surface area contributed by atoms with Crippen LogP contribution in [0.15, 0.2) is 0 Å². The van der Waals surface area contributed by atoms with Gasteiger partial charge in [-0.05, 0) is 18.3 Å². The molecular formula is C10H19NO2. The highest BCUT2D eigenvalue weighted by Crippen LogP contribution is 2.15. The van der Waals surface area contributed by atoms with Gasteiger partial charge in [-0.1, -0.05) is 20.8 Å². The fourth-order valence-electron chi connectivity index (χ4n) is 1.43. The first-order valence-corrected chi connectivity index (χ1v) is 5.01. The highest BCUT2D eigenvalue weighted by molar-refractivity contribution is 5.67. The number of hydrogen-bond donors (Lipinski definition) is 0. The molecule has 1 amide bonds. The number of ether oxygens (including phenoxy) is 1. The molecule has 3 nitrogen and oxygen atoms in total. The molecule has 13 heavy (non-hydrogen) atoms. The van der Waals surface area contributed by atoms with Crippen LogP contribution < -0.4 is 0 Å². The highest BCUT2D eigenvalue weighted by Gasteiger charge is 2.24. The fourth-order valence-corrected chi connectivity index (χ4v) is 1.43. The summed E-state index contributed by atoms with van der Waals surface area (Å²) in [5.41, 5.74) is 0. The van der Waals surface area contributed by atoms with Crippen molar-refractivity contribution in [2.45, 2.75) is 27.2 Å². The largest absolute Gasteiger partial charge is 0.449 e. The fraction of sp³-hybridized carbons (Fsp3) is 0.900. The number of amides is 1. The van der Waals surface area contributed by atoms with Crippen LogP contribution in [0.5, 0.6) is 0 Å². The van der Waals surface area contributed by atoms with Gasteiger partial charge in [0.15, 0.2) is 0 Å². The van der Waals surface area contributed by atoms with Gasteiger partial charge >= 0.3 is 6.09 Å². The van der Waals surface area contributed by atoms with Crippen molar-refractivity contribution in [3.63, 3.8) is 0 Å². The minimum absolute atomic E-state index is 0.141. The Morgan fingerprint density at radius 2 is 2.31 bits per heavy atom. The van der Waals surface area contributed by atoms with E-state index in [0.717, 1.165) is 19.5 Å². The Kier molecular flexibility index (Phi) is 3.58. The predicted molar refractivity (Wildman–Crippen MR) is 51.5 cm³/mol. The topological polar surface area (TPSA) is 29.5 Å². The Balaban J connectivity index is 2.24. The van der Waals surface area contributed by atoms with Gasteiger partial charge in [0.2, 0.25) is 0 Å². The summed E-state index contributed by atoms with van der Waals surface area (Å²) >= 11 is 0. The molecule has 76 valence electrons. The zero-order chi connectivity index (χ0) is 9.84. The molecule has 0 aromatic rings. The minimum atomic E-state index is -0.141. The van der Waals surface area contributed by atoms with E-state index < -0.39 is 0 Å². The summed E-state index contributed by atoms with van der Waals surface area (Å²) in [6, 6.07) is 0. The molecule has 3 heteroatoms. The van der Waals surface area contributed by atoms with E-state index in [1.54, 1.807) is 4.90 Å². The first kappa shape index (κ1) is 10.4. The molecule has 0 aliphatic carbocycles. The summed E-state index contributed by atoms with van der Waals surface area (Å²) in [6.07, 6.45) is 0.967. The molecule has 0 N–H and O–H groups in total. The SMILES string of the molecule is CC(C)COC(=O)N1CCC(C)C1. The lowest BCUT2D eigenvalue weighted by Crippen LogP contribution is -2.30. The first-order valence-electron chi connectivity index (χ1n) is 5.01. The summed E-state index contributed by atoms with van der Waals surface area (Å²) in [7, 11) is 0. The van der Waals surface area contributed by atoms with Gasteiger partial charge in [0.05, 0.1) is 6.61 Å². The molecule has 1 unspecified atom stereocenters. The second kappa shape index (κ2) is 4.49. The summed E-state index contributed by atoms with van der Waals surface area (Å²) in [4.78, 5) is 13.2. The predicted octanol–water partition coefficient (Wildman–Crippen LogP) is 2.12. The molecule has 0 spiro atoms. The van der Waals surface area contributed by atoms with Crippen molar-refractivity contribution in [1.82, 2.24) is 4.90 Å². The van der Waals surface area contributed by atoms with E-state index in [9.17, 15) is 4.79 Å². The quantitative estimate of drug-likeness (QED) is 0.659. The van der Waals surface area contributed by atoms with Crippen LogP contribution in [-0.2, 0) is 4.74 Å². The van der Waals surface area contributed by atoms with Gasteiger partial charge in [-0.3, -0.25) is 0 Å². The Bertz CT molecular complexity index is 180. The van der Waals surface area contributed by atoms with E-state index in [1.807, 2.05) is 13.8 Å². The molecular weight excluding hydrogens is 166 g/mol. The van der Waals surface area contributed by atoms with Crippen LogP contribution in [-0.4, -0.2) is 30.7 Å². The van der Waals surface area contributed by atoms with Gasteiger partial charge < -0.3 is 9.64 Å². The average molecular weight is 185 g/mol. The molecule has 1 aliphatic heterocycles. The summed E-state index contributed by atoms with van der Waals surface area (Å²) in [5.74, 6) is 1.05. The van der Waals surface area contributed by atoms with Crippen LogP contribution >= 0.6 is 0 Å². The highest BCUT2D eigenvalue weighted by atomic mass is 16.6. The van der Waals surface area contributed by atoms with Crippen molar-refractivity contribution in [2.24, 2.45) is 11.8 Å². The lowest BCUT2D eigenvalue weighted by Gasteiger charge is -2.16. The maximum atomic E-state index is 11.4. The number of hydrogen-bond acceptors (Lipinski definition) is 2. The number of carbonyl (C=O) groups excluding carboxylic acids is 1. The number of carbonyl (C=O) groups is 1. The van der Waals surface area contributed by atoms with E-state index in [0.29, 0.717) is 18.4 Å². The summed E-state index contributed by atoms with van der Waals surface area (Å²) in [5, 5.41) is 0. The lowest BCUT2D eigenvalue weighted by atomic mass is 10.2. The van der Waals surface area contributed by atoms with Gasteiger partial charge in [-0.15, -0.1) is 0 Å². The Hall–Kier alpha value is -0.730. The van der Waals surface area contributed by atoms with E-state index in [-0.39, 0.29) is 6.09 Å². The standard InChI is InChI=1S/C10H19NO2/c1-8(2)7-13-10(12)11-5-4-9(3)6-11/h8-9H,4-7H2,1-3H3. The smallest absolute Gasteiger partial charge is 0.409 e. The van der Waals surface area contributed by atoms with Crippen molar-refractivity contribution < 1.29 is 9.53 Å². The van der Waals surface area contributed by atoms with Crippen molar-refractivity contribution in [2.75, 3.05) is 19.7 Å². The molecule has 0 radical (unpaired) electrons. The minimum Gasteiger partial charge on any atom is -0.449 e. The molecule has 0 saturated carbocycles. The molecule has 0 aromatic carbocycles. The molecule has 1 aliphatic rings. The van der Waals surface area contributed by atoms with Gasteiger partial charge in [-0.2, -0.15) is 0 Å². The summed E-state index contributed by atoms with van der Waals surface area (Å²) in [6.45, 7) is 8.49. The van der Waals surface area contributed by atoms with Crippen LogP contribution in [0.2, 0.25) is 0 Å². The van der Waals surface area contributed by atoms with E-state index in [2.05, 4.69) is 6.92 Å². The van der Waals surface area contributed by atoms with Crippen molar-refractivity contribution in [1.29, 1.82) is 0 Å². The Labute approximate surface area is 80.1 Å². The van der Waals surface area contributed by atoms with E-state index >= 15 is 0 Å².